The van der Waals surface area contributed by atoms with Crippen LogP contribution in [-0.2, 0) is 4.74 Å². The summed E-state index contributed by atoms with van der Waals surface area (Å²) in [5.41, 5.74) is 0. The number of rotatable bonds is 6. The van der Waals surface area contributed by atoms with Crippen molar-refractivity contribution in [1.82, 2.24) is 5.32 Å². The van der Waals surface area contributed by atoms with E-state index in [0.29, 0.717) is 0 Å². The normalized spacial score (nSPS) is 24.4. The molecule has 0 radical (unpaired) electrons. The minimum atomic E-state index is 0.748. The average Bonchev–Trinajstić information content (AvgIpc) is 2.88. The molecule has 1 N–H and O–H groups in total. The summed E-state index contributed by atoms with van der Waals surface area (Å²) in [6.07, 6.45) is 1.30. The number of halogens is 1. The van der Waals surface area contributed by atoms with E-state index in [0.717, 1.165) is 36.6 Å². The summed E-state index contributed by atoms with van der Waals surface area (Å²) in [6, 6.07) is 2.10. The lowest BCUT2D eigenvalue weighted by Crippen LogP contribution is -2.21. The fourth-order valence-electron chi connectivity index (χ4n) is 1.81. The fraction of sp³-hybridized carbons (Fsp3) is 0.636. The van der Waals surface area contributed by atoms with Crippen LogP contribution < -0.4 is 5.32 Å². The van der Waals surface area contributed by atoms with E-state index in [1.165, 1.54) is 11.3 Å². The molecule has 2 nitrogen and oxygen atoms in total. The van der Waals surface area contributed by atoms with Gasteiger partial charge in [-0.1, -0.05) is 11.6 Å². The highest BCUT2D eigenvalue weighted by atomic mass is 35.5. The summed E-state index contributed by atoms with van der Waals surface area (Å²) in [7, 11) is 1.73. The lowest BCUT2D eigenvalue weighted by atomic mass is 10.2. The minimum absolute atomic E-state index is 0.748. The van der Waals surface area contributed by atoms with Crippen molar-refractivity contribution in [2.24, 2.45) is 5.92 Å². The number of nitrogens with one attached hydrogen (secondary N) is 1. The number of ether oxygens (including phenoxy) is 1. The van der Waals surface area contributed by atoms with Gasteiger partial charge in [-0.15, -0.1) is 11.3 Å². The Bertz CT molecular complexity index is 315. The van der Waals surface area contributed by atoms with Crippen LogP contribution in [0.2, 0.25) is 5.02 Å². The van der Waals surface area contributed by atoms with E-state index in [-0.39, 0.29) is 0 Å². The zero-order chi connectivity index (χ0) is 10.7. The summed E-state index contributed by atoms with van der Waals surface area (Å²) < 4.78 is 4.98. The maximum atomic E-state index is 5.90. The third-order valence-corrected chi connectivity index (χ3v) is 4.18. The summed E-state index contributed by atoms with van der Waals surface area (Å²) in [5, 5.41) is 6.30. The molecule has 0 aliphatic heterocycles. The van der Waals surface area contributed by atoms with Crippen molar-refractivity contribution >= 4 is 22.9 Å². The Morgan fingerprint density at radius 3 is 3.20 bits per heavy atom. The highest BCUT2D eigenvalue weighted by molar-refractivity contribution is 7.10. The van der Waals surface area contributed by atoms with E-state index in [1.807, 2.05) is 5.38 Å². The molecule has 0 bridgehead atoms. The number of thiophene rings is 1. The highest BCUT2D eigenvalue weighted by Gasteiger charge is 2.38. The lowest BCUT2D eigenvalue weighted by molar-refractivity contribution is 0.199. The van der Waals surface area contributed by atoms with Gasteiger partial charge < -0.3 is 10.1 Å². The van der Waals surface area contributed by atoms with Crippen molar-refractivity contribution in [3.05, 3.63) is 21.3 Å². The predicted octanol–water partition coefficient (Wildman–Crippen LogP) is 2.74. The molecule has 1 heterocycles. The number of methoxy groups -OCH3 is 1. The Balaban J connectivity index is 1.68. The molecule has 1 aliphatic rings. The second kappa shape index (κ2) is 5.30. The van der Waals surface area contributed by atoms with Crippen LogP contribution in [0.1, 0.15) is 17.2 Å². The Labute approximate surface area is 99.6 Å². The van der Waals surface area contributed by atoms with Crippen molar-refractivity contribution in [1.29, 1.82) is 0 Å². The molecule has 2 rings (SSSR count). The van der Waals surface area contributed by atoms with Gasteiger partial charge in [0.2, 0.25) is 0 Å². The van der Waals surface area contributed by atoms with E-state index < -0.39 is 0 Å². The Morgan fingerprint density at radius 2 is 2.53 bits per heavy atom. The summed E-state index contributed by atoms with van der Waals surface area (Å²) >= 11 is 7.69. The van der Waals surface area contributed by atoms with Gasteiger partial charge in [-0.2, -0.15) is 0 Å². The molecule has 1 aromatic rings. The Morgan fingerprint density at radius 1 is 1.67 bits per heavy atom. The van der Waals surface area contributed by atoms with E-state index in [4.69, 9.17) is 16.3 Å². The standard InChI is InChI=1S/C11H16ClNOS/c1-14-3-2-13-6-8-4-10(8)11-5-9(12)7-15-11/h5,7-8,10,13H,2-4,6H2,1H3. The molecule has 1 fully saturated rings. The van der Waals surface area contributed by atoms with Gasteiger partial charge in [0.05, 0.1) is 11.6 Å². The van der Waals surface area contributed by atoms with Crippen molar-refractivity contribution in [2.45, 2.75) is 12.3 Å². The minimum Gasteiger partial charge on any atom is -0.383 e. The van der Waals surface area contributed by atoms with Gasteiger partial charge >= 0.3 is 0 Å². The van der Waals surface area contributed by atoms with Gasteiger partial charge in [-0.05, 0) is 30.9 Å². The molecule has 84 valence electrons. The van der Waals surface area contributed by atoms with Gasteiger partial charge in [0.25, 0.3) is 0 Å². The topological polar surface area (TPSA) is 21.3 Å². The van der Waals surface area contributed by atoms with E-state index in [2.05, 4.69) is 11.4 Å². The molecular formula is C11H16ClNOS. The second-order valence-corrected chi connectivity index (χ2v) is 5.35. The van der Waals surface area contributed by atoms with Gasteiger partial charge in [0.15, 0.2) is 0 Å². The monoisotopic (exact) mass is 245 g/mol. The third kappa shape index (κ3) is 3.18. The molecule has 0 saturated heterocycles. The molecule has 1 aliphatic carbocycles. The maximum absolute atomic E-state index is 5.90. The summed E-state index contributed by atoms with van der Waals surface area (Å²) in [5.74, 6) is 1.55. The second-order valence-electron chi connectivity index (χ2n) is 3.97. The van der Waals surface area contributed by atoms with Crippen LogP contribution >= 0.6 is 22.9 Å². The van der Waals surface area contributed by atoms with Crippen molar-refractivity contribution in [3.8, 4) is 0 Å². The molecular weight excluding hydrogens is 230 g/mol. The molecule has 1 saturated carbocycles. The molecule has 0 spiro atoms. The van der Waals surface area contributed by atoms with Gasteiger partial charge in [-0.25, -0.2) is 0 Å². The largest absolute Gasteiger partial charge is 0.383 e. The molecule has 4 heteroatoms. The summed E-state index contributed by atoms with van der Waals surface area (Å²) in [4.78, 5) is 1.44. The quantitative estimate of drug-likeness (QED) is 0.779. The van der Waals surface area contributed by atoms with Crippen LogP contribution in [0.5, 0.6) is 0 Å². The van der Waals surface area contributed by atoms with Crippen LogP contribution in [0.15, 0.2) is 11.4 Å². The first-order valence-corrected chi connectivity index (χ1v) is 6.50. The van der Waals surface area contributed by atoms with Gasteiger partial charge in [0, 0.05) is 23.9 Å². The number of hydrogen-bond donors (Lipinski definition) is 1. The molecule has 1 aromatic heterocycles. The van der Waals surface area contributed by atoms with Crippen LogP contribution in [0, 0.1) is 5.92 Å². The fourth-order valence-corrected chi connectivity index (χ4v) is 3.10. The zero-order valence-electron chi connectivity index (χ0n) is 8.83. The maximum Gasteiger partial charge on any atom is 0.0587 e. The first kappa shape index (κ1) is 11.4. The highest BCUT2D eigenvalue weighted by Crippen LogP contribution is 2.49. The molecule has 0 aromatic carbocycles. The van der Waals surface area contributed by atoms with Gasteiger partial charge in [0.1, 0.15) is 0 Å². The van der Waals surface area contributed by atoms with Crippen LogP contribution in [0.4, 0.5) is 0 Å². The van der Waals surface area contributed by atoms with Crippen LogP contribution in [0.3, 0.4) is 0 Å². The molecule has 2 atom stereocenters. The van der Waals surface area contributed by atoms with E-state index in [9.17, 15) is 0 Å². The van der Waals surface area contributed by atoms with Crippen LogP contribution in [-0.4, -0.2) is 26.8 Å². The number of hydrogen-bond acceptors (Lipinski definition) is 3. The first-order valence-electron chi connectivity index (χ1n) is 5.25. The van der Waals surface area contributed by atoms with Crippen molar-refractivity contribution in [2.75, 3.05) is 26.8 Å². The van der Waals surface area contributed by atoms with E-state index >= 15 is 0 Å². The van der Waals surface area contributed by atoms with Crippen LogP contribution in [0.25, 0.3) is 0 Å². The lowest BCUT2D eigenvalue weighted by Gasteiger charge is -2.02. The average molecular weight is 246 g/mol. The Kier molecular flexibility index (Phi) is 4.03. The summed E-state index contributed by atoms with van der Waals surface area (Å²) in [6.45, 7) is 2.84. The molecule has 15 heavy (non-hydrogen) atoms. The SMILES string of the molecule is COCCNCC1CC1c1cc(Cl)cs1. The van der Waals surface area contributed by atoms with Crippen molar-refractivity contribution < 1.29 is 4.74 Å². The smallest absolute Gasteiger partial charge is 0.0587 e. The van der Waals surface area contributed by atoms with Crippen molar-refractivity contribution in [3.63, 3.8) is 0 Å². The molecule has 2 unspecified atom stereocenters. The first-order chi connectivity index (χ1) is 7.31. The predicted molar refractivity (Wildman–Crippen MR) is 64.9 cm³/mol. The Hall–Kier alpha value is -0.0900. The third-order valence-electron chi connectivity index (χ3n) is 2.77. The van der Waals surface area contributed by atoms with E-state index in [1.54, 1.807) is 18.4 Å². The van der Waals surface area contributed by atoms with Gasteiger partial charge in [-0.3, -0.25) is 0 Å². The molecule has 0 amide bonds. The zero-order valence-corrected chi connectivity index (χ0v) is 10.4.